The number of fused-ring (bicyclic) bond motifs is 1. The molecular formula is C27H27N5O4. The lowest BCUT2D eigenvalue weighted by molar-refractivity contribution is 0.0836. The minimum absolute atomic E-state index is 0.00203. The number of benzene rings is 2. The molecule has 9 nitrogen and oxygen atoms in total. The Hall–Kier alpha value is -4.55. The van der Waals surface area contributed by atoms with Crippen LogP contribution in [-0.4, -0.2) is 35.5 Å². The number of methoxy groups -OCH3 is 1. The summed E-state index contributed by atoms with van der Waals surface area (Å²) in [5, 5.41) is 20.1. The van der Waals surface area contributed by atoms with Gasteiger partial charge in [-0.25, -0.2) is 9.31 Å². The van der Waals surface area contributed by atoms with Gasteiger partial charge in [0.1, 0.15) is 17.6 Å². The lowest BCUT2D eigenvalue weighted by atomic mass is 10.1. The van der Waals surface area contributed by atoms with E-state index in [-0.39, 0.29) is 12.7 Å². The molecule has 0 bridgehead atoms. The molecule has 2 N–H and O–H groups in total. The molecule has 2 heterocycles. The zero-order chi connectivity index (χ0) is 25.5. The number of nitrogens with one attached hydrogen (secondary N) is 2. The number of aryl methyl sites for hydroxylation is 1. The molecule has 4 rings (SSSR count). The molecule has 1 amide bonds. The van der Waals surface area contributed by atoms with Crippen LogP contribution in [0.25, 0.3) is 5.52 Å². The van der Waals surface area contributed by atoms with Crippen molar-refractivity contribution in [3.05, 3.63) is 78.1 Å². The average molecular weight is 486 g/mol. The van der Waals surface area contributed by atoms with E-state index < -0.39 is 6.09 Å². The largest absolute Gasteiger partial charge is 0.457 e. The molecule has 0 aliphatic carbocycles. The summed E-state index contributed by atoms with van der Waals surface area (Å²) in [6.07, 6.45) is 3.19. The SMILES string of the molecule is COC(C)CCOC(=O)Nc1cn2ncc(C#N)c(Nc3ccc(Oc4ccccc4)cc3)c2c1C. The number of carbonyl (C=O) groups excluding carboxylic acids is 1. The van der Waals surface area contributed by atoms with Gasteiger partial charge in [-0.3, -0.25) is 5.32 Å². The van der Waals surface area contributed by atoms with E-state index in [0.29, 0.717) is 34.6 Å². The Labute approximate surface area is 209 Å². The highest BCUT2D eigenvalue weighted by Crippen LogP contribution is 2.33. The van der Waals surface area contributed by atoms with Gasteiger partial charge in [0, 0.05) is 24.8 Å². The predicted octanol–water partition coefficient (Wildman–Crippen LogP) is 6.02. The number of para-hydroxylation sites is 1. The number of anilines is 3. The van der Waals surface area contributed by atoms with Crippen LogP contribution in [0.5, 0.6) is 11.5 Å². The van der Waals surface area contributed by atoms with Crippen molar-refractivity contribution in [2.45, 2.75) is 26.4 Å². The van der Waals surface area contributed by atoms with Gasteiger partial charge in [0.25, 0.3) is 0 Å². The van der Waals surface area contributed by atoms with Crippen molar-refractivity contribution in [2.24, 2.45) is 0 Å². The fourth-order valence-electron chi connectivity index (χ4n) is 3.58. The molecule has 1 atom stereocenters. The van der Waals surface area contributed by atoms with E-state index >= 15 is 0 Å². The second-order valence-corrected chi connectivity index (χ2v) is 8.17. The third-order valence-electron chi connectivity index (χ3n) is 5.68. The Morgan fingerprint density at radius 1 is 1.14 bits per heavy atom. The van der Waals surface area contributed by atoms with E-state index in [1.807, 2.05) is 68.4 Å². The lowest BCUT2D eigenvalue weighted by Crippen LogP contribution is -2.17. The minimum atomic E-state index is -0.568. The Balaban J connectivity index is 1.53. The summed E-state index contributed by atoms with van der Waals surface area (Å²) < 4.78 is 17.9. The van der Waals surface area contributed by atoms with Gasteiger partial charge in [0.15, 0.2) is 0 Å². The maximum absolute atomic E-state index is 12.3. The van der Waals surface area contributed by atoms with E-state index in [2.05, 4.69) is 21.8 Å². The smallest absolute Gasteiger partial charge is 0.411 e. The zero-order valence-electron chi connectivity index (χ0n) is 20.3. The molecule has 0 radical (unpaired) electrons. The van der Waals surface area contributed by atoms with Gasteiger partial charge in [-0.2, -0.15) is 10.4 Å². The van der Waals surface area contributed by atoms with Crippen molar-refractivity contribution in [3.8, 4) is 17.6 Å². The standard InChI is InChI=1S/C27H27N5O4/c1-18(34-3)13-14-35-27(33)31-24-17-32-26(19(24)2)25(20(15-28)16-29-32)30-21-9-11-23(12-10-21)36-22-7-5-4-6-8-22/h4-12,16-18,30H,13-14H2,1-3H3,(H,31,33). The van der Waals surface area contributed by atoms with Crippen LogP contribution in [0.4, 0.5) is 21.9 Å². The molecule has 0 aliphatic rings. The quantitative estimate of drug-likeness (QED) is 0.298. The zero-order valence-corrected chi connectivity index (χ0v) is 20.3. The minimum Gasteiger partial charge on any atom is -0.457 e. The summed E-state index contributed by atoms with van der Waals surface area (Å²) in [5.41, 5.74) is 3.67. The molecule has 36 heavy (non-hydrogen) atoms. The first-order valence-electron chi connectivity index (χ1n) is 11.5. The number of hydrogen-bond acceptors (Lipinski definition) is 7. The van der Waals surface area contributed by atoms with Crippen molar-refractivity contribution < 1.29 is 19.0 Å². The number of nitriles is 1. The number of ether oxygens (including phenoxy) is 3. The van der Waals surface area contributed by atoms with E-state index in [1.54, 1.807) is 17.8 Å². The van der Waals surface area contributed by atoms with E-state index in [9.17, 15) is 10.1 Å². The van der Waals surface area contributed by atoms with Crippen molar-refractivity contribution in [1.82, 2.24) is 9.61 Å². The predicted molar refractivity (Wildman–Crippen MR) is 137 cm³/mol. The first-order chi connectivity index (χ1) is 17.5. The summed E-state index contributed by atoms with van der Waals surface area (Å²) in [6.45, 7) is 3.99. The highest BCUT2D eigenvalue weighted by molar-refractivity contribution is 5.92. The van der Waals surface area contributed by atoms with Gasteiger partial charge in [-0.1, -0.05) is 18.2 Å². The summed E-state index contributed by atoms with van der Waals surface area (Å²) in [5.74, 6) is 1.44. The van der Waals surface area contributed by atoms with Crippen LogP contribution < -0.4 is 15.4 Å². The normalized spacial score (nSPS) is 11.5. The Morgan fingerprint density at radius 3 is 2.56 bits per heavy atom. The van der Waals surface area contributed by atoms with E-state index in [0.717, 1.165) is 17.0 Å². The van der Waals surface area contributed by atoms with Crippen LogP contribution in [0.1, 0.15) is 24.5 Å². The van der Waals surface area contributed by atoms with Crippen LogP contribution in [0.3, 0.4) is 0 Å². The fraction of sp³-hybridized carbons (Fsp3) is 0.222. The summed E-state index contributed by atoms with van der Waals surface area (Å²) >= 11 is 0. The van der Waals surface area contributed by atoms with Gasteiger partial charge in [0.2, 0.25) is 0 Å². The number of aromatic nitrogens is 2. The molecule has 0 fully saturated rings. The Bertz CT molecular complexity index is 1380. The number of nitrogens with zero attached hydrogens (tertiary/aromatic N) is 3. The van der Waals surface area contributed by atoms with Crippen LogP contribution in [0, 0.1) is 18.3 Å². The molecule has 0 spiro atoms. The number of hydrogen-bond donors (Lipinski definition) is 2. The van der Waals surface area contributed by atoms with Gasteiger partial charge >= 0.3 is 6.09 Å². The van der Waals surface area contributed by atoms with Gasteiger partial charge in [-0.15, -0.1) is 0 Å². The average Bonchev–Trinajstić information content (AvgIpc) is 3.21. The Morgan fingerprint density at radius 2 is 1.86 bits per heavy atom. The van der Waals surface area contributed by atoms with Crippen molar-refractivity contribution in [3.63, 3.8) is 0 Å². The third kappa shape index (κ3) is 5.74. The molecule has 0 saturated heterocycles. The molecule has 0 saturated carbocycles. The first kappa shape index (κ1) is 24.6. The lowest BCUT2D eigenvalue weighted by Gasteiger charge is -2.12. The maximum atomic E-state index is 12.3. The second-order valence-electron chi connectivity index (χ2n) is 8.17. The number of carbonyl (C=O) groups is 1. The van der Waals surface area contributed by atoms with Gasteiger partial charge < -0.3 is 19.5 Å². The highest BCUT2D eigenvalue weighted by Gasteiger charge is 2.18. The van der Waals surface area contributed by atoms with Crippen molar-refractivity contribution in [2.75, 3.05) is 24.4 Å². The molecule has 4 aromatic rings. The van der Waals surface area contributed by atoms with Crippen LogP contribution in [0.2, 0.25) is 0 Å². The third-order valence-corrected chi connectivity index (χ3v) is 5.68. The van der Waals surface area contributed by atoms with E-state index in [1.165, 1.54) is 6.20 Å². The number of rotatable bonds is 9. The van der Waals surface area contributed by atoms with Crippen molar-refractivity contribution in [1.29, 1.82) is 5.26 Å². The molecule has 9 heteroatoms. The first-order valence-corrected chi connectivity index (χ1v) is 11.5. The highest BCUT2D eigenvalue weighted by atomic mass is 16.5. The van der Waals surface area contributed by atoms with E-state index in [4.69, 9.17) is 14.2 Å². The van der Waals surface area contributed by atoms with Gasteiger partial charge in [-0.05, 0) is 50.2 Å². The molecule has 184 valence electrons. The number of amides is 1. The fourth-order valence-corrected chi connectivity index (χ4v) is 3.58. The summed E-state index contributed by atoms with van der Waals surface area (Å²) in [7, 11) is 1.61. The summed E-state index contributed by atoms with van der Waals surface area (Å²) in [6, 6.07) is 19.1. The summed E-state index contributed by atoms with van der Waals surface area (Å²) in [4.78, 5) is 12.3. The molecule has 0 aliphatic heterocycles. The maximum Gasteiger partial charge on any atom is 0.411 e. The van der Waals surface area contributed by atoms with Crippen LogP contribution >= 0.6 is 0 Å². The topological polar surface area (TPSA) is 110 Å². The molecular weight excluding hydrogens is 458 g/mol. The molecule has 2 aromatic heterocycles. The van der Waals surface area contributed by atoms with Gasteiger partial charge in [0.05, 0.1) is 47.6 Å². The van der Waals surface area contributed by atoms with Crippen molar-refractivity contribution >= 4 is 28.7 Å². The molecule has 2 aromatic carbocycles. The Kier molecular flexibility index (Phi) is 7.68. The second kappa shape index (κ2) is 11.3. The van der Waals surface area contributed by atoms with Crippen LogP contribution in [0.15, 0.2) is 67.0 Å². The van der Waals surface area contributed by atoms with Crippen LogP contribution in [-0.2, 0) is 9.47 Å². The molecule has 1 unspecified atom stereocenters. The monoisotopic (exact) mass is 485 g/mol.